The summed E-state index contributed by atoms with van der Waals surface area (Å²) in [5.74, 6) is 0. The molecule has 0 spiro atoms. The van der Waals surface area contributed by atoms with E-state index in [1.54, 1.807) is 6.20 Å². The summed E-state index contributed by atoms with van der Waals surface area (Å²) in [7, 11) is 2.02. The molecule has 0 radical (unpaired) electrons. The molecule has 2 aromatic rings. The maximum atomic E-state index is 4.15. The SMILES string of the molecule is Cn1ccc(CNc2cccnc2Br)c1. The van der Waals surface area contributed by atoms with Crippen molar-refractivity contribution in [1.29, 1.82) is 0 Å². The highest BCUT2D eigenvalue weighted by molar-refractivity contribution is 9.10. The van der Waals surface area contributed by atoms with Crippen molar-refractivity contribution in [2.45, 2.75) is 6.54 Å². The fourth-order valence-electron chi connectivity index (χ4n) is 1.38. The molecule has 0 unspecified atom stereocenters. The summed E-state index contributed by atoms with van der Waals surface area (Å²) in [6.07, 6.45) is 5.89. The fraction of sp³-hybridized carbons (Fsp3) is 0.182. The van der Waals surface area contributed by atoms with Crippen LogP contribution in [0.5, 0.6) is 0 Å². The Morgan fingerprint density at radius 3 is 3.00 bits per heavy atom. The van der Waals surface area contributed by atoms with E-state index in [4.69, 9.17) is 0 Å². The number of hydrogen-bond donors (Lipinski definition) is 1. The first-order valence-electron chi connectivity index (χ1n) is 4.71. The Balaban J connectivity index is 2.02. The van der Waals surface area contributed by atoms with Crippen molar-refractivity contribution in [3.63, 3.8) is 0 Å². The molecular weight excluding hydrogens is 254 g/mol. The Morgan fingerprint density at radius 2 is 2.33 bits per heavy atom. The van der Waals surface area contributed by atoms with E-state index in [1.807, 2.05) is 29.9 Å². The van der Waals surface area contributed by atoms with Crippen molar-refractivity contribution in [1.82, 2.24) is 9.55 Å². The van der Waals surface area contributed by atoms with Gasteiger partial charge in [-0.25, -0.2) is 4.98 Å². The lowest BCUT2D eigenvalue weighted by atomic mass is 10.3. The molecule has 0 aliphatic heterocycles. The average molecular weight is 266 g/mol. The molecule has 0 fully saturated rings. The zero-order valence-electron chi connectivity index (χ0n) is 8.44. The molecule has 0 bridgehead atoms. The van der Waals surface area contributed by atoms with E-state index >= 15 is 0 Å². The molecule has 0 atom stereocenters. The summed E-state index contributed by atoms with van der Waals surface area (Å²) in [5, 5.41) is 3.32. The Bertz CT molecular complexity index is 451. The van der Waals surface area contributed by atoms with E-state index in [1.165, 1.54) is 5.56 Å². The van der Waals surface area contributed by atoms with Gasteiger partial charge >= 0.3 is 0 Å². The second kappa shape index (κ2) is 4.49. The first-order valence-corrected chi connectivity index (χ1v) is 5.50. The van der Waals surface area contributed by atoms with Crippen LogP contribution in [0.1, 0.15) is 5.56 Å². The van der Waals surface area contributed by atoms with Gasteiger partial charge in [-0.05, 0) is 39.7 Å². The molecule has 0 aromatic carbocycles. The maximum absolute atomic E-state index is 4.15. The maximum Gasteiger partial charge on any atom is 0.129 e. The van der Waals surface area contributed by atoms with Crippen LogP contribution in [0.4, 0.5) is 5.69 Å². The lowest BCUT2D eigenvalue weighted by Gasteiger charge is -2.05. The normalized spacial score (nSPS) is 10.3. The second-order valence-electron chi connectivity index (χ2n) is 3.38. The highest BCUT2D eigenvalue weighted by Gasteiger charge is 1.99. The number of aromatic nitrogens is 2. The highest BCUT2D eigenvalue weighted by Crippen LogP contribution is 2.18. The topological polar surface area (TPSA) is 29.9 Å². The summed E-state index contributed by atoms with van der Waals surface area (Å²) in [5.41, 5.74) is 2.27. The van der Waals surface area contributed by atoms with Gasteiger partial charge in [-0.2, -0.15) is 0 Å². The van der Waals surface area contributed by atoms with Crippen molar-refractivity contribution >= 4 is 21.6 Å². The molecule has 78 valence electrons. The van der Waals surface area contributed by atoms with Crippen molar-refractivity contribution in [2.75, 3.05) is 5.32 Å². The van der Waals surface area contributed by atoms with Crippen molar-refractivity contribution in [3.8, 4) is 0 Å². The zero-order valence-corrected chi connectivity index (χ0v) is 10.0. The summed E-state index contributed by atoms with van der Waals surface area (Å²) in [6, 6.07) is 6.01. The average Bonchev–Trinajstić information content (AvgIpc) is 2.63. The van der Waals surface area contributed by atoms with Crippen LogP contribution in [0.2, 0.25) is 0 Å². The third-order valence-electron chi connectivity index (χ3n) is 2.14. The quantitative estimate of drug-likeness (QED) is 0.866. The summed E-state index contributed by atoms with van der Waals surface area (Å²) in [4.78, 5) is 4.15. The predicted molar refractivity (Wildman–Crippen MR) is 64.7 cm³/mol. The number of rotatable bonds is 3. The van der Waals surface area contributed by atoms with Crippen LogP contribution in [0.3, 0.4) is 0 Å². The van der Waals surface area contributed by atoms with Gasteiger partial charge in [0.15, 0.2) is 0 Å². The van der Waals surface area contributed by atoms with E-state index in [9.17, 15) is 0 Å². The fourth-order valence-corrected chi connectivity index (χ4v) is 1.77. The minimum Gasteiger partial charge on any atom is -0.379 e. The van der Waals surface area contributed by atoms with E-state index in [0.29, 0.717) is 0 Å². The van der Waals surface area contributed by atoms with Crippen LogP contribution in [-0.2, 0) is 13.6 Å². The Hall–Kier alpha value is -1.29. The molecule has 0 amide bonds. The number of pyridine rings is 1. The van der Waals surface area contributed by atoms with Gasteiger partial charge in [0.2, 0.25) is 0 Å². The van der Waals surface area contributed by atoms with Crippen LogP contribution in [0, 0.1) is 0 Å². The summed E-state index contributed by atoms with van der Waals surface area (Å²) < 4.78 is 2.89. The molecule has 0 saturated heterocycles. The molecule has 15 heavy (non-hydrogen) atoms. The van der Waals surface area contributed by atoms with Crippen molar-refractivity contribution in [2.24, 2.45) is 7.05 Å². The van der Waals surface area contributed by atoms with E-state index < -0.39 is 0 Å². The van der Waals surface area contributed by atoms with E-state index in [2.05, 4.69) is 38.5 Å². The molecule has 0 aliphatic carbocycles. The number of aryl methyl sites for hydroxylation is 1. The molecule has 2 heterocycles. The van der Waals surface area contributed by atoms with Crippen LogP contribution >= 0.6 is 15.9 Å². The van der Waals surface area contributed by atoms with Crippen LogP contribution in [0.25, 0.3) is 0 Å². The predicted octanol–water partition coefficient (Wildman–Crippen LogP) is 2.79. The van der Waals surface area contributed by atoms with Crippen molar-refractivity contribution in [3.05, 3.63) is 47.0 Å². The smallest absolute Gasteiger partial charge is 0.129 e. The summed E-state index contributed by atoms with van der Waals surface area (Å²) >= 11 is 3.40. The number of hydrogen-bond acceptors (Lipinski definition) is 2. The first-order chi connectivity index (χ1) is 7.25. The van der Waals surface area contributed by atoms with Gasteiger partial charge in [-0.1, -0.05) is 0 Å². The van der Waals surface area contributed by atoms with Crippen LogP contribution in [-0.4, -0.2) is 9.55 Å². The minimum absolute atomic E-state index is 0.811. The number of anilines is 1. The molecule has 0 saturated carbocycles. The number of nitrogens with one attached hydrogen (secondary N) is 1. The van der Waals surface area contributed by atoms with E-state index in [-0.39, 0.29) is 0 Å². The van der Waals surface area contributed by atoms with Gasteiger partial charge in [0.05, 0.1) is 5.69 Å². The lowest BCUT2D eigenvalue weighted by molar-refractivity contribution is 0.920. The zero-order chi connectivity index (χ0) is 10.7. The molecule has 0 aliphatic rings. The van der Waals surface area contributed by atoms with Gasteiger partial charge in [0.1, 0.15) is 4.60 Å². The molecule has 1 N–H and O–H groups in total. The Kier molecular flexibility index (Phi) is 3.06. The Labute approximate surface area is 97.3 Å². The minimum atomic E-state index is 0.811. The largest absolute Gasteiger partial charge is 0.379 e. The van der Waals surface area contributed by atoms with Crippen LogP contribution in [0.15, 0.2) is 41.4 Å². The van der Waals surface area contributed by atoms with Crippen LogP contribution < -0.4 is 5.32 Å². The molecule has 2 aromatic heterocycles. The standard InChI is InChI=1S/C11H12BrN3/c1-15-6-4-9(8-15)7-14-10-3-2-5-13-11(10)12/h2-6,8,14H,7H2,1H3. The number of nitrogens with zero attached hydrogens (tertiary/aromatic N) is 2. The van der Waals surface area contributed by atoms with E-state index in [0.717, 1.165) is 16.8 Å². The second-order valence-corrected chi connectivity index (χ2v) is 4.13. The number of halogens is 1. The third-order valence-corrected chi connectivity index (χ3v) is 2.77. The highest BCUT2D eigenvalue weighted by atomic mass is 79.9. The van der Waals surface area contributed by atoms with Gasteiger partial charge in [0.25, 0.3) is 0 Å². The lowest BCUT2D eigenvalue weighted by Crippen LogP contribution is -1.99. The molecule has 3 nitrogen and oxygen atoms in total. The molecular formula is C11H12BrN3. The van der Waals surface area contributed by atoms with Gasteiger partial charge < -0.3 is 9.88 Å². The third kappa shape index (κ3) is 2.59. The van der Waals surface area contributed by atoms with Gasteiger partial charge in [0, 0.05) is 32.2 Å². The first kappa shape index (κ1) is 10.2. The van der Waals surface area contributed by atoms with Crippen molar-refractivity contribution < 1.29 is 0 Å². The summed E-state index contributed by atoms with van der Waals surface area (Å²) in [6.45, 7) is 0.811. The van der Waals surface area contributed by atoms with Gasteiger partial charge in [-0.15, -0.1) is 0 Å². The molecule has 2 rings (SSSR count). The molecule has 4 heteroatoms. The Morgan fingerprint density at radius 1 is 1.47 bits per heavy atom. The monoisotopic (exact) mass is 265 g/mol. The van der Waals surface area contributed by atoms with Gasteiger partial charge in [-0.3, -0.25) is 0 Å².